The summed E-state index contributed by atoms with van der Waals surface area (Å²) in [5.41, 5.74) is 8.69. The van der Waals surface area contributed by atoms with Gasteiger partial charge in [0.2, 0.25) is 0 Å². The van der Waals surface area contributed by atoms with E-state index in [0.29, 0.717) is 13.0 Å². The number of hydrogen-bond acceptors (Lipinski definition) is 2. The van der Waals surface area contributed by atoms with Crippen molar-refractivity contribution in [2.75, 3.05) is 6.61 Å². The molecule has 0 heterocycles. The van der Waals surface area contributed by atoms with Gasteiger partial charge < -0.3 is 10.5 Å². The van der Waals surface area contributed by atoms with E-state index in [1.807, 2.05) is 6.07 Å². The summed E-state index contributed by atoms with van der Waals surface area (Å²) in [5, 5.41) is 0. The fourth-order valence-corrected chi connectivity index (χ4v) is 2.13. The Morgan fingerprint density at radius 1 is 1.50 bits per heavy atom. The molecule has 0 unspecified atom stereocenters. The molecule has 0 aromatic heterocycles. The number of aryl methyl sites for hydroxylation is 1. The largest absolute Gasteiger partial charge is 0.493 e. The fourth-order valence-electron chi connectivity index (χ4n) is 2.13. The second-order valence-corrected chi connectivity index (χ2v) is 4.16. The van der Waals surface area contributed by atoms with Crippen LogP contribution in [0, 0.1) is 12.3 Å². The lowest BCUT2D eigenvalue weighted by molar-refractivity contribution is 0.326. The Labute approximate surface area is 96.8 Å². The lowest BCUT2D eigenvalue weighted by Crippen LogP contribution is -2.17. The molecule has 84 valence electrons. The van der Waals surface area contributed by atoms with E-state index in [2.05, 4.69) is 18.1 Å². The van der Waals surface area contributed by atoms with Gasteiger partial charge in [-0.1, -0.05) is 6.07 Å². The van der Waals surface area contributed by atoms with Gasteiger partial charge in [-0.3, -0.25) is 0 Å². The van der Waals surface area contributed by atoms with Gasteiger partial charge in [0.1, 0.15) is 5.75 Å². The molecule has 0 bridgehead atoms. The molecule has 0 radical (unpaired) electrons. The zero-order valence-electron chi connectivity index (χ0n) is 9.41. The van der Waals surface area contributed by atoms with Gasteiger partial charge in [-0.2, -0.15) is 0 Å². The molecule has 1 aromatic carbocycles. The van der Waals surface area contributed by atoms with Crippen molar-refractivity contribution in [3.63, 3.8) is 0 Å². The van der Waals surface area contributed by atoms with Crippen LogP contribution < -0.4 is 10.5 Å². The van der Waals surface area contributed by atoms with Gasteiger partial charge in [0.25, 0.3) is 0 Å². The number of nitrogens with two attached hydrogens (primary N) is 1. The van der Waals surface area contributed by atoms with Crippen molar-refractivity contribution in [1.82, 2.24) is 0 Å². The number of hydrogen-bond donors (Lipinski definition) is 1. The first-order valence-electron chi connectivity index (χ1n) is 5.76. The molecule has 2 heteroatoms. The normalized spacial score (nSPS) is 18.6. The Balaban J connectivity index is 2.11. The van der Waals surface area contributed by atoms with Crippen LogP contribution in [0.25, 0.3) is 0 Å². The van der Waals surface area contributed by atoms with Crippen LogP contribution in [-0.4, -0.2) is 6.61 Å². The second kappa shape index (κ2) is 5.05. The molecule has 1 atom stereocenters. The molecule has 0 aliphatic heterocycles. The van der Waals surface area contributed by atoms with Crippen LogP contribution in [0.4, 0.5) is 0 Å². The van der Waals surface area contributed by atoms with Crippen LogP contribution >= 0.6 is 0 Å². The summed E-state index contributed by atoms with van der Waals surface area (Å²) in [4.78, 5) is 0. The lowest BCUT2D eigenvalue weighted by Gasteiger charge is -2.22. The topological polar surface area (TPSA) is 35.2 Å². The lowest BCUT2D eigenvalue weighted by atomic mass is 9.88. The summed E-state index contributed by atoms with van der Waals surface area (Å²) < 4.78 is 5.56. The zero-order chi connectivity index (χ0) is 11.4. The number of rotatable bonds is 3. The van der Waals surface area contributed by atoms with Gasteiger partial charge in [-0.25, -0.2) is 0 Å². The first-order valence-corrected chi connectivity index (χ1v) is 5.76. The number of ether oxygens (including phenoxy) is 1. The smallest absolute Gasteiger partial charge is 0.119 e. The van der Waals surface area contributed by atoms with Gasteiger partial charge in [0, 0.05) is 12.5 Å². The molecular weight excluding hydrogens is 198 g/mol. The van der Waals surface area contributed by atoms with E-state index in [1.54, 1.807) is 0 Å². The summed E-state index contributed by atoms with van der Waals surface area (Å²) in [6.45, 7) is 0.574. The van der Waals surface area contributed by atoms with Gasteiger partial charge in [0.15, 0.2) is 0 Å². The number of terminal acetylenes is 1. The maximum absolute atomic E-state index is 6.08. The Morgan fingerprint density at radius 3 is 3.19 bits per heavy atom. The predicted octanol–water partition coefficient (Wildman–Crippen LogP) is 2.42. The Morgan fingerprint density at radius 2 is 2.38 bits per heavy atom. The third-order valence-electron chi connectivity index (χ3n) is 2.99. The fraction of sp³-hybridized carbons (Fsp3) is 0.429. The van der Waals surface area contributed by atoms with E-state index in [9.17, 15) is 0 Å². The monoisotopic (exact) mass is 215 g/mol. The maximum Gasteiger partial charge on any atom is 0.119 e. The molecular formula is C14H17NO. The first kappa shape index (κ1) is 11.0. The van der Waals surface area contributed by atoms with Crippen molar-refractivity contribution < 1.29 is 4.74 Å². The van der Waals surface area contributed by atoms with E-state index >= 15 is 0 Å². The molecule has 0 saturated carbocycles. The van der Waals surface area contributed by atoms with E-state index in [4.69, 9.17) is 16.9 Å². The Bertz CT molecular complexity index is 406. The van der Waals surface area contributed by atoms with E-state index < -0.39 is 0 Å². The van der Waals surface area contributed by atoms with Crippen molar-refractivity contribution in [2.45, 2.75) is 31.7 Å². The van der Waals surface area contributed by atoms with E-state index in [1.165, 1.54) is 17.5 Å². The van der Waals surface area contributed by atoms with Gasteiger partial charge in [-0.05, 0) is 42.5 Å². The summed E-state index contributed by atoms with van der Waals surface area (Å²) in [6.07, 6.45) is 9.21. The highest BCUT2D eigenvalue weighted by Crippen LogP contribution is 2.30. The van der Waals surface area contributed by atoms with Gasteiger partial charge in [0.05, 0.1) is 6.61 Å². The Hall–Kier alpha value is -1.46. The SMILES string of the molecule is C#CCCOc1ccc2c(c1)[C@@H](N)CCC2. The van der Waals surface area contributed by atoms with Crippen molar-refractivity contribution in [1.29, 1.82) is 0 Å². The average Bonchev–Trinajstić information content (AvgIpc) is 2.30. The highest BCUT2D eigenvalue weighted by molar-refractivity contribution is 5.39. The average molecular weight is 215 g/mol. The molecule has 0 fully saturated rings. The van der Waals surface area contributed by atoms with Crippen molar-refractivity contribution >= 4 is 0 Å². The van der Waals surface area contributed by atoms with Crippen LogP contribution in [-0.2, 0) is 6.42 Å². The minimum absolute atomic E-state index is 0.167. The predicted molar refractivity (Wildman–Crippen MR) is 65.3 cm³/mol. The molecule has 1 aliphatic carbocycles. The number of benzene rings is 1. The molecule has 16 heavy (non-hydrogen) atoms. The molecule has 1 aliphatic rings. The van der Waals surface area contributed by atoms with Gasteiger partial charge in [-0.15, -0.1) is 12.3 Å². The number of fused-ring (bicyclic) bond motifs is 1. The zero-order valence-corrected chi connectivity index (χ0v) is 9.41. The first-order chi connectivity index (χ1) is 7.81. The van der Waals surface area contributed by atoms with Crippen molar-refractivity contribution in [3.05, 3.63) is 29.3 Å². The molecule has 2 rings (SSSR count). The quantitative estimate of drug-likeness (QED) is 0.621. The van der Waals surface area contributed by atoms with Gasteiger partial charge >= 0.3 is 0 Å². The third kappa shape index (κ3) is 2.37. The maximum atomic E-state index is 6.08. The summed E-state index contributed by atoms with van der Waals surface area (Å²) >= 11 is 0. The third-order valence-corrected chi connectivity index (χ3v) is 2.99. The van der Waals surface area contributed by atoms with Crippen LogP contribution in [0.5, 0.6) is 5.75 Å². The Kier molecular flexibility index (Phi) is 3.48. The summed E-state index contributed by atoms with van der Waals surface area (Å²) in [7, 11) is 0. The molecule has 2 nitrogen and oxygen atoms in total. The molecule has 2 N–H and O–H groups in total. The van der Waals surface area contributed by atoms with Crippen molar-refractivity contribution in [3.8, 4) is 18.1 Å². The molecule has 0 spiro atoms. The van der Waals surface area contributed by atoms with E-state index in [0.717, 1.165) is 18.6 Å². The highest BCUT2D eigenvalue weighted by Gasteiger charge is 2.16. The molecule has 1 aromatic rings. The van der Waals surface area contributed by atoms with E-state index in [-0.39, 0.29) is 6.04 Å². The summed E-state index contributed by atoms with van der Waals surface area (Å²) in [6, 6.07) is 6.36. The second-order valence-electron chi connectivity index (χ2n) is 4.16. The van der Waals surface area contributed by atoms with Crippen LogP contribution in [0.2, 0.25) is 0 Å². The van der Waals surface area contributed by atoms with Crippen LogP contribution in [0.15, 0.2) is 18.2 Å². The van der Waals surface area contributed by atoms with Crippen LogP contribution in [0.3, 0.4) is 0 Å². The molecule has 0 saturated heterocycles. The minimum Gasteiger partial charge on any atom is -0.493 e. The standard InChI is InChI=1S/C14H17NO/c1-2-3-9-16-12-8-7-11-5-4-6-14(15)13(11)10-12/h1,7-8,10,14H,3-6,9,15H2/t14-/m0/s1. The minimum atomic E-state index is 0.167. The molecule has 0 amide bonds. The van der Waals surface area contributed by atoms with Crippen LogP contribution in [0.1, 0.15) is 36.4 Å². The van der Waals surface area contributed by atoms with Crippen molar-refractivity contribution in [2.24, 2.45) is 5.73 Å². The highest BCUT2D eigenvalue weighted by atomic mass is 16.5. The summed E-state index contributed by atoms with van der Waals surface area (Å²) in [5.74, 6) is 3.44.